The van der Waals surface area contributed by atoms with Gasteiger partial charge in [-0.1, -0.05) is 25.4 Å². The summed E-state index contributed by atoms with van der Waals surface area (Å²) in [5.41, 5.74) is 6.16. The maximum Gasteiger partial charge on any atom is 0.253 e. The van der Waals surface area contributed by atoms with Gasteiger partial charge in [0.1, 0.15) is 0 Å². The van der Waals surface area contributed by atoms with Crippen molar-refractivity contribution in [1.29, 1.82) is 0 Å². The number of hydrogen-bond donors (Lipinski definition) is 1. The summed E-state index contributed by atoms with van der Waals surface area (Å²) in [6, 6.07) is 5.20. The number of nitrogens with zero attached hydrogens (tertiary/aromatic N) is 1. The first-order valence-corrected chi connectivity index (χ1v) is 6.84. The Hall–Kier alpha value is -0.290. The van der Waals surface area contributed by atoms with Gasteiger partial charge in [-0.25, -0.2) is 0 Å². The molecule has 2 N–H and O–H groups in total. The molecule has 1 amide bonds. The zero-order chi connectivity index (χ0) is 13.9. The minimum atomic E-state index is -0.0937. The summed E-state index contributed by atoms with van der Waals surface area (Å²) in [4.78, 5) is 13.9. The van der Waals surface area contributed by atoms with Gasteiger partial charge in [-0.2, -0.15) is 0 Å². The number of amides is 1. The number of nitrogens with two attached hydrogens (primary N) is 1. The molecule has 0 saturated heterocycles. The highest BCUT2D eigenvalue weighted by atomic mass is 79.9. The molecule has 0 radical (unpaired) electrons. The van der Waals surface area contributed by atoms with Gasteiger partial charge in [-0.05, 0) is 46.1 Å². The van der Waals surface area contributed by atoms with Gasteiger partial charge in [0.2, 0.25) is 0 Å². The van der Waals surface area contributed by atoms with Crippen molar-refractivity contribution in [3.05, 3.63) is 33.3 Å². The lowest BCUT2D eigenvalue weighted by molar-refractivity contribution is 0.0740. The molecule has 19 heavy (non-hydrogen) atoms. The normalized spacial score (nSPS) is 10.8. The molecule has 1 rings (SSSR count). The van der Waals surface area contributed by atoms with Crippen LogP contribution in [0.1, 0.15) is 24.2 Å². The molecule has 0 aliphatic carbocycles. The van der Waals surface area contributed by atoms with Gasteiger partial charge in [0.25, 0.3) is 5.91 Å². The van der Waals surface area contributed by atoms with E-state index in [1.165, 1.54) is 0 Å². The Balaban J connectivity index is 0.00000324. The second-order valence-electron chi connectivity index (χ2n) is 5.16. The van der Waals surface area contributed by atoms with Gasteiger partial charge in [0.05, 0.1) is 5.02 Å². The zero-order valence-corrected chi connectivity index (χ0v) is 14.4. The van der Waals surface area contributed by atoms with Gasteiger partial charge in [-0.15, -0.1) is 12.4 Å². The van der Waals surface area contributed by atoms with Crippen molar-refractivity contribution in [2.24, 2.45) is 11.1 Å². The first-order chi connectivity index (χ1) is 8.26. The second kappa shape index (κ2) is 7.48. The fourth-order valence-electron chi connectivity index (χ4n) is 1.63. The molecule has 1 aromatic rings. The van der Waals surface area contributed by atoms with Gasteiger partial charge in [-0.3, -0.25) is 4.79 Å². The summed E-state index contributed by atoms with van der Waals surface area (Å²) in [5.74, 6) is -0.0501. The Morgan fingerprint density at radius 2 is 2.05 bits per heavy atom. The molecule has 0 aromatic heterocycles. The van der Waals surface area contributed by atoms with Crippen LogP contribution < -0.4 is 5.73 Å². The highest BCUT2D eigenvalue weighted by Crippen LogP contribution is 2.24. The maximum atomic E-state index is 12.2. The van der Waals surface area contributed by atoms with Crippen LogP contribution in [0, 0.1) is 5.41 Å². The lowest BCUT2D eigenvalue weighted by Gasteiger charge is -2.29. The molecule has 108 valence electrons. The number of carbonyl (C=O) groups is 1. The van der Waals surface area contributed by atoms with Gasteiger partial charge in [0.15, 0.2) is 0 Å². The Morgan fingerprint density at radius 3 is 2.53 bits per heavy atom. The van der Waals surface area contributed by atoms with Crippen molar-refractivity contribution in [1.82, 2.24) is 4.90 Å². The van der Waals surface area contributed by atoms with Gasteiger partial charge < -0.3 is 10.6 Å². The van der Waals surface area contributed by atoms with Crippen molar-refractivity contribution >= 4 is 45.8 Å². The van der Waals surface area contributed by atoms with Crippen molar-refractivity contribution in [3.63, 3.8) is 0 Å². The Bertz CT molecular complexity index is 452. The predicted octanol–water partition coefficient (Wildman–Crippen LogP) is 3.58. The maximum absolute atomic E-state index is 12.2. The Kier molecular flexibility index (Phi) is 7.37. The monoisotopic (exact) mass is 368 g/mol. The second-order valence-corrected chi connectivity index (χ2v) is 6.42. The third-order valence-electron chi connectivity index (χ3n) is 2.73. The van der Waals surface area contributed by atoms with E-state index in [-0.39, 0.29) is 23.7 Å². The van der Waals surface area contributed by atoms with Crippen LogP contribution in [-0.4, -0.2) is 30.9 Å². The average molecular weight is 370 g/mol. The van der Waals surface area contributed by atoms with Crippen molar-refractivity contribution in [2.75, 3.05) is 20.1 Å². The molecule has 0 bridgehead atoms. The molecule has 0 heterocycles. The lowest BCUT2D eigenvalue weighted by atomic mass is 9.93. The Morgan fingerprint density at radius 1 is 1.47 bits per heavy atom. The molecule has 0 spiro atoms. The van der Waals surface area contributed by atoms with Crippen LogP contribution in [-0.2, 0) is 0 Å². The summed E-state index contributed by atoms with van der Waals surface area (Å²) >= 11 is 9.29. The summed E-state index contributed by atoms with van der Waals surface area (Å²) in [7, 11) is 1.77. The number of rotatable bonds is 4. The third kappa shape index (κ3) is 5.30. The quantitative estimate of drug-likeness (QED) is 0.881. The smallest absolute Gasteiger partial charge is 0.253 e. The molecule has 0 saturated carbocycles. The SMILES string of the molecule is CN(CC(C)(C)CN)C(=O)c1ccc(Br)c(Cl)c1.Cl. The van der Waals surface area contributed by atoms with E-state index in [1.807, 2.05) is 13.8 Å². The molecule has 6 heteroatoms. The van der Waals surface area contributed by atoms with E-state index in [0.717, 1.165) is 4.47 Å². The van der Waals surface area contributed by atoms with Crippen LogP contribution in [0.3, 0.4) is 0 Å². The van der Waals surface area contributed by atoms with Crippen LogP contribution in [0.2, 0.25) is 5.02 Å². The average Bonchev–Trinajstić information content (AvgIpc) is 2.31. The van der Waals surface area contributed by atoms with Crippen LogP contribution in [0.4, 0.5) is 0 Å². The fraction of sp³-hybridized carbons (Fsp3) is 0.462. The van der Waals surface area contributed by atoms with Crippen molar-refractivity contribution in [3.8, 4) is 0 Å². The molecule has 0 aliphatic rings. The Labute approximate surface area is 134 Å². The molecule has 3 nitrogen and oxygen atoms in total. The molecule has 0 aliphatic heterocycles. The summed E-state index contributed by atoms with van der Waals surface area (Å²) in [6.45, 7) is 5.21. The first-order valence-electron chi connectivity index (χ1n) is 5.67. The van der Waals surface area contributed by atoms with E-state index in [0.29, 0.717) is 23.7 Å². The minimum absolute atomic E-state index is 0. The third-order valence-corrected chi connectivity index (χ3v) is 3.96. The molecule has 0 unspecified atom stereocenters. The highest BCUT2D eigenvalue weighted by molar-refractivity contribution is 9.10. The van der Waals surface area contributed by atoms with E-state index in [4.69, 9.17) is 17.3 Å². The largest absolute Gasteiger partial charge is 0.341 e. The van der Waals surface area contributed by atoms with Crippen LogP contribution in [0.15, 0.2) is 22.7 Å². The van der Waals surface area contributed by atoms with E-state index < -0.39 is 0 Å². The fourth-order valence-corrected chi connectivity index (χ4v) is 2.06. The zero-order valence-electron chi connectivity index (χ0n) is 11.2. The van der Waals surface area contributed by atoms with Crippen LogP contribution in [0.5, 0.6) is 0 Å². The molecule has 0 atom stereocenters. The van der Waals surface area contributed by atoms with Crippen molar-refractivity contribution in [2.45, 2.75) is 13.8 Å². The van der Waals surface area contributed by atoms with E-state index >= 15 is 0 Å². The first kappa shape index (κ1) is 18.7. The van der Waals surface area contributed by atoms with Gasteiger partial charge in [0, 0.05) is 23.6 Å². The highest BCUT2D eigenvalue weighted by Gasteiger charge is 2.22. The van der Waals surface area contributed by atoms with E-state index in [1.54, 1.807) is 30.1 Å². The predicted molar refractivity (Wildman–Crippen MR) is 86.2 cm³/mol. The standard InChI is InChI=1S/C13H18BrClN2O.ClH/c1-13(2,7-16)8-17(3)12(18)9-4-5-10(14)11(15)6-9;/h4-6H,7-8,16H2,1-3H3;1H. The minimum Gasteiger partial charge on any atom is -0.341 e. The number of hydrogen-bond acceptors (Lipinski definition) is 2. The number of halogens is 3. The summed E-state index contributed by atoms with van der Waals surface area (Å²) in [6.07, 6.45) is 0. The molecular formula is C13H19BrCl2N2O. The number of benzene rings is 1. The molecule has 1 aromatic carbocycles. The van der Waals surface area contributed by atoms with Crippen LogP contribution >= 0.6 is 39.9 Å². The van der Waals surface area contributed by atoms with Crippen LogP contribution in [0.25, 0.3) is 0 Å². The lowest BCUT2D eigenvalue weighted by Crippen LogP contribution is -2.39. The van der Waals surface area contributed by atoms with Crippen molar-refractivity contribution < 1.29 is 4.79 Å². The van der Waals surface area contributed by atoms with E-state index in [2.05, 4.69) is 15.9 Å². The summed E-state index contributed by atoms with van der Waals surface area (Å²) < 4.78 is 0.783. The molecule has 0 fully saturated rings. The number of carbonyl (C=O) groups excluding carboxylic acids is 1. The van der Waals surface area contributed by atoms with E-state index in [9.17, 15) is 4.79 Å². The van der Waals surface area contributed by atoms with Gasteiger partial charge >= 0.3 is 0 Å². The molecular weight excluding hydrogens is 351 g/mol. The summed E-state index contributed by atoms with van der Waals surface area (Å²) in [5, 5.41) is 0.535. The topological polar surface area (TPSA) is 46.3 Å².